The van der Waals surface area contributed by atoms with E-state index in [4.69, 9.17) is 16.3 Å². The van der Waals surface area contributed by atoms with Crippen LogP contribution in [-0.4, -0.2) is 42.5 Å². The molecule has 5 nitrogen and oxygen atoms in total. The van der Waals surface area contributed by atoms with Crippen LogP contribution in [-0.2, 0) is 9.59 Å². The Hall–Kier alpha value is -2.01. The maximum atomic E-state index is 12.9. The molecule has 0 bridgehead atoms. The van der Waals surface area contributed by atoms with E-state index in [1.807, 2.05) is 13.8 Å². The first-order valence-corrected chi connectivity index (χ1v) is 8.07. The number of carbonyl (C=O) groups is 2. The third-order valence-corrected chi connectivity index (χ3v) is 4.34. The van der Waals surface area contributed by atoms with Gasteiger partial charge < -0.3 is 15.0 Å². The third kappa shape index (κ3) is 3.06. The monoisotopic (exact) mass is 334 g/mol. The van der Waals surface area contributed by atoms with Gasteiger partial charge in [-0.2, -0.15) is 0 Å². The molecule has 6 heteroatoms. The summed E-state index contributed by atoms with van der Waals surface area (Å²) in [6.07, 6.45) is 1.80. The Morgan fingerprint density at radius 3 is 2.96 bits per heavy atom. The van der Waals surface area contributed by atoms with Crippen molar-refractivity contribution in [1.29, 1.82) is 0 Å². The van der Waals surface area contributed by atoms with Crippen LogP contribution in [0, 0.1) is 5.92 Å². The number of halogens is 1. The molecular weight excluding hydrogens is 316 g/mol. The fourth-order valence-electron chi connectivity index (χ4n) is 3.03. The molecule has 1 N–H and O–H groups in total. The van der Waals surface area contributed by atoms with Gasteiger partial charge in [0.25, 0.3) is 5.91 Å². The Bertz CT molecular complexity index is 684. The van der Waals surface area contributed by atoms with Crippen molar-refractivity contribution in [2.75, 3.05) is 19.7 Å². The number of ether oxygens (including phenoxy) is 1. The second-order valence-electron chi connectivity index (χ2n) is 6.12. The van der Waals surface area contributed by atoms with Crippen LogP contribution < -0.4 is 10.1 Å². The first-order valence-electron chi connectivity index (χ1n) is 7.69. The number of hydrogen-bond donors (Lipinski definition) is 1. The molecule has 3 rings (SSSR count). The van der Waals surface area contributed by atoms with Gasteiger partial charge >= 0.3 is 0 Å². The lowest BCUT2D eigenvalue weighted by atomic mass is 9.98. The maximum Gasteiger partial charge on any atom is 0.254 e. The highest BCUT2D eigenvalue weighted by Crippen LogP contribution is 2.30. The van der Waals surface area contributed by atoms with E-state index >= 15 is 0 Å². The van der Waals surface area contributed by atoms with Gasteiger partial charge in [-0.1, -0.05) is 25.4 Å². The van der Waals surface area contributed by atoms with Crippen LogP contribution in [0.15, 0.2) is 23.8 Å². The zero-order valence-electron chi connectivity index (χ0n) is 13.1. The van der Waals surface area contributed by atoms with Gasteiger partial charge in [0, 0.05) is 23.7 Å². The van der Waals surface area contributed by atoms with Crippen molar-refractivity contribution in [2.45, 2.75) is 19.9 Å². The number of rotatable bonds is 2. The lowest BCUT2D eigenvalue weighted by Gasteiger charge is -2.38. The van der Waals surface area contributed by atoms with Crippen molar-refractivity contribution < 1.29 is 14.3 Å². The minimum Gasteiger partial charge on any atom is -0.488 e. The summed E-state index contributed by atoms with van der Waals surface area (Å²) in [4.78, 5) is 26.6. The Kier molecular flexibility index (Phi) is 4.31. The molecule has 2 amide bonds. The summed E-state index contributed by atoms with van der Waals surface area (Å²) >= 11 is 6.00. The molecule has 2 heterocycles. The highest BCUT2D eigenvalue weighted by molar-refractivity contribution is 6.30. The van der Waals surface area contributed by atoms with E-state index in [1.54, 1.807) is 29.2 Å². The van der Waals surface area contributed by atoms with Gasteiger partial charge in [0.2, 0.25) is 5.91 Å². The first kappa shape index (κ1) is 15.9. The van der Waals surface area contributed by atoms with Gasteiger partial charge in [0.05, 0.1) is 5.57 Å². The minimum atomic E-state index is -0.446. The average molecular weight is 335 g/mol. The van der Waals surface area contributed by atoms with Crippen molar-refractivity contribution in [3.05, 3.63) is 34.4 Å². The molecule has 1 aromatic rings. The predicted molar refractivity (Wildman–Crippen MR) is 88.3 cm³/mol. The normalized spacial score (nSPS) is 20.5. The molecule has 1 saturated heterocycles. The fourth-order valence-corrected chi connectivity index (χ4v) is 3.21. The molecular formula is C17H19ClN2O3. The summed E-state index contributed by atoms with van der Waals surface area (Å²) in [5.74, 6) is 0.512. The van der Waals surface area contributed by atoms with E-state index in [1.165, 1.54) is 0 Å². The van der Waals surface area contributed by atoms with Crippen LogP contribution in [0.2, 0.25) is 5.02 Å². The summed E-state index contributed by atoms with van der Waals surface area (Å²) in [7, 11) is 0. The molecule has 0 saturated carbocycles. The summed E-state index contributed by atoms with van der Waals surface area (Å²) in [6, 6.07) is 4.87. The van der Waals surface area contributed by atoms with Gasteiger partial charge in [-0.15, -0.1) is 0 Å². The van der Waals surface area contributed by atoms with E-state index in [0.29, 0.717) is 29.4 Å². The number of nitrogens with one attached hydrogen (secondary N) is 1. The second-order valence-corrected chi connectivity index (χ2v) is 6.56. The maximum absolute atomic E-state index is 12.9. The molecule has 1 unspecified atom stereocenters. The summed E-state index contributed by atoms with van der Waals surface area (Å²) in [5, 5.41) is 3.42. The van der Waals surface area contributed by atoms with Crippen LogP contribution in [0.4, 0.5) is 0 Å². The van der Waals surface area contributed by atoms with Crippen molar-refractivity contribution in [3.63, 3.8) is 0 Å². The van der Waals surface area contributed by atoms with Crippen LogP contribution in [0.1, 0.15) is 19.4 Å². The molecule has 1 atom stereocenters. The average Bonchev–Trinajstić information content (AvgIpc) is 2.52. The number of nitrogens with zero attached hydrogens (tertiary/aromatic N) is 1. The van der Waals surface area contributed by atoms with Gasteiger partial charge in [-0.3, -0.25) is 9.59 Å². The Morgan fingerprint density at radius 1 is 1.43 bits per heavy atom. The van der Waals surface area contributed by atoms with Crippen molar-refractivity contribution in [2.24, 2.45) is 5.92 Å². The number of benzene rings is 1. The number of amides is 2. The van der Waals surface area contributed by atoms with Crippen LogP contribution >= 0.6 is 11.6 Å². The van der Waals surface area contributed by atoms with E-state index < -0.39 is 6.04 Å². The van der Waals surface area contributed by atoms with Gasteiger partial charge in [-0.25, -0.2) is 0 Å². The Morgan fingerprint density at radius 2 is 2.22 bits per heavy atom. The SMILES string of the molecule is CC(C)C1C(=O)NCCN1C(=O)C1=Cc2cc(Cl)ccc2OC1. The number of carbonyl (C=O) groups excluding carboxylic acids is 2. The largest absolute Gasteiger partial charge is 0.488 e. The molecule has 0 spiro atoms. The summed E-state index contributed by atoms with van der Waals surface area (Å²) in [6.45, 7) is 5.07. The van der Waals surface area contributed by atoms with Crippen LogP contribution in [0.3, 0.4) is 0 Å². The third-order valence-electron chi connectivity index (χ3n) is 4.11. The van der Waals surface area contributed by atoms with Crippen molar-refractivity contribution >= 4 is 29.5 Å². The smallest absolute Gasteiger partial charge is 0.254 e. The van der Waals surface area contributed by atoms with E-state index in [2.05, 4.69) is 5.32 Å². The number of piperazine rings is 1. The highest BCUT2D eigenvalue weighted by atomic mass is 35.5. The molecule has 1 fully saturated rings. The van der Waals surface area contributed by atoms with Gasteiger partial charge in [-0.05, 0) is 30.2 Å². The second kappa shape index (κ2) is 6.24. The highest BCUT2D eigenvalue weighted by Gasteiger charge is 2.36. The standard InChI is InChI=1S/C17H19ClN2O3/c1-10(2)15-16(21)19-5-6-20(15)17(22)12-7-11-8-13(18)3-4-14(11)23-9-12/h3-4,7-8,10,15H,5-6,9H2,1-2H3,(H,19,21). The quantitative estimate of drug-likeness (QED) is 0.901. The molecule has 0 radical (unpaired) electrons. The number of hydrogen-bond acceptors (Lipinski definition) is 3. The van der Waals surface area contributed by atoms with Gasteiger partial charge in [0.15, 0.2) is 0 Å². The Labute approximate surface area is 140 Å². The molecule has 2 aliphatic heterocycles. The molecule has 0 aromatic heterocycles. The van der Waals surface area contributed by atoms with Crippen LogP contribution in [0.25, 0.3) is 6.08 Å². The lowest BCUT2D eigenvalue weighted by molar-refractivity contribution is -0.142. The topological polar surface area (TPSA) is 58.6 Å². The number of fused-ring (bicyclic) bond motifs is 1. The zero-order chi connectivity index (χ0) is 16.6. The van der Waals surface area contributed by atoms with E-state index in [0.717, 1.165) is 5.56 Å². The summed E-state index contributed by atoms with van der Waals surface area (Å²) in [5.41, 5.74) is 1.33. The fraction of sp³-hybridized carbons (Fsp3) is 0.412. The molecule has 122 valence electrons. The molecule has 23 heavy (non-hydrogen) atoms. The molecule has 2 aliphatic rings. The molecule has 1 aromatic carbocycles. The first-order chi connectivity index (χ1) is 11.0. The zero-order valence-corrected chi connectivity index (χ0v) is 13.9. The molecule has 0 aliphatic carbocycles. The van der Waals surface area contributed by atoms with Crippen molar-refractivity contribution in [3.8, 4) is 5.75 Å². The van der Waals surface area contributed by atoms with E-state index in [9.17, 15) is 9.59 Å². The van der Waals surface area contributed by atoms with E-state index in [-0.39, 0.29) is 24.3 Å². The van der Waals surface area contributed by atoms with Crippen LogP contribution in [0.5, 0.6) is 5.75 Å². The van der Waals surface area contributed by atoms with Crippen molar-refractivity contribution in [1.82, 2.24) is 10.2 Å². The Balaban J connectivity index is 1.89. The van der Waals surface area contributed by atoms with Gasteiger partial charge in [0.1, 0.15) is 18.4 Å². The lowest BCUT2D eigenvalue weighted by Crippen LogP contribution is -2.59. The minimum absolute atomic E-state index is 0.0473. The summed E-state index contributed by atoms with van der Waals surface area (Å²) < 4.78 is 5.65. The predicted octanol–water partition coefficient (Wildman–Crippen LogP) is 2.10.